The fourth-order valence-electron chi connectivity index (χ4n) is 1.72. The number of amides is 1. The molecule has 0 fully saturated rings. The molecule has 0 aliphatic carbocycles. The van der Waals surface area contributed by atoms with Crippen LogP contribution in [0.5, 0.6) is 0 Å². The molecule has 1 amide bonds. The molecule has 3 aromatic rings. The van der Waals surface area contributed by atoms with Gasteiger partial charge in [0.1, 0.15) is 10.5 Å². The van der Waals surface area contributed by atoms with Gasteiger partial charge in [0, 0.05) is 6.20 Å². The molecule has 100 valence electrons. The van der Waals surface area contributed by atoms with Crippen LogP contribution in [-0.4, -0.2) is 15.9 Å². The number of hydrogen-bond acceptors (Lipinski definition) is 4. The molecule has 0 aliphatic rings. The van der Waals surface area contributed by atoms with Gasteiger partial charge in [0.05, 0.1) is 15.8 Å². The van der Waals surface area contributed by atoms with E-state index in [1.54, 1.807) is 24.4 Å². The molecule has 20 heavy (non-hydrogen) atoms. The number of benzene rings is 1. The fourth-order valence-corrected chi connectivity index (χ4v) is 2.83. The summed E-state index contributed by atoms with van der Waals surface area (Å²) in [4.78, 5) is 19.1. The molecule has 2 heterocycles. The number of nitrogens with one attached hydrogen (secondary N) is 2. The lowest BCUT2D eigenvalue weighted by Gasteiger charge is -2.00. The second-order valence-corrected chi connectivity index (χ2v) is 5.44. The summed E-state index contributed by atoms with van der Waals surface area (Å²) in [6.45, 7) is 0. The van der Waals surface area contributed by atoms with Crippen molar-refractivity contribution >= 4 is 44.8 Å². The summed E-state index contributed by atoms with van der Waals surface area (Å²) < 4.78 is 14.1. The van der Waals surface area contributed by atoms with Crippen LogP contribution in [0.25, 0.3) is 10.2 Å². The standard InChI is InChI=1S/C13H8FN3OS2/c14-7-3-4-9-10(6-7)20-13(16-9)17-11(18)8-2-1-5-15-12(8)19/h1-6H,(H,15,19)(H,16,17,18). The first-order valence-corrected chi connectivity index (χ1v) is 6.91. The lowest BCUT2D eigenvalue weighted by atomic mass is 10.3. The third-order valence-corrected chi connectivity index (χ3v) is 3.91. The fraction of sp³-hybridized carbons (Fsp3) is 0. The summed E-state index contributed by atoms with van der Waals surface area (Å²) in [5, 5.41) is 3.08. The number of H-pyrrole nitrogens is 1. The van der Waals surface area contributed by atoms with Crippen LogP contribution in [0, 0.1) is 10.5 Å². The van der Waals surface area contributed by atoms with E-state index in [9.17, 15) is 9.18 Å². The van der Waals surface area contributed by atoms with E-state index < -0.39 is 0 Å². The summed E-state index contributed by atoms with van der Waals surface area (Å²) in [6, 6.07) is 7.61. The van der Waals surface area contributed by atoms with Gasteiger partial charge < -0.3 is 4.98 Å². The monoisotopic (exact) mass is 305 g/mol. The van der Waals surface area contributed by atoms with Crippen molar-refractivity contribution in [3.63, 3.8) is 0 Å². The molecule has 0 unspecified atom stereocenters. The number of aromatic nitrogens is 2. The van der Waals surface area contributed by atoms with Gasteiger partial charge in [-0.2, -0.15) is 0 Å². The summed E-state index contributed by atoms with van der Waals surface area (Å²) in [6.07, 6.45) is 1.65. The number of rotatable bonds is 2. The van der Waals surface area contributed by atoms with Crippen LogP contribution in [0.4, 0.5) is 9.52 Å². The molecule has 0 radical (unpaired) electrons. The zero-order chi connectivity index (χ0) is 14.1. The molecular weight excluding hydrogens is 297 g/mol. The van der Waals surface area contributed by atoms with Crippen molar-refractivity contribution in [2.75, 3.05) is 5.32 Å². The Balaban J connectivity index is 1.91. The van der Waals surface area contributed by atoms with Gasteiger partial charge in [0.25, 0.3) is 5.91 Å². The Labute approximate surface area is 122 Å². The summed E-state index contributed by atoms with van der Waals surface area (Å²) >= 11 is 6.26. The Morgan fingerprint density at radius 3 is 3.05 bits per heavy atom. The highest BCUT2D eigenvalue weighted by Crippen LogP contribution is 2.26. The third kappa shape index (κ3) is 2.45. The number of anilines is 1. The van der Waals surface area contributed by atoms with Crippen LogP contribution in [0.2, 0.25) is 0 Å². The maximum absolute atomic E-state index is 13.1. The number of thiazole rings is 1. The largest absolute Gasteiger partial charge is 0.352 e. The lowest BCUT2D eigenvalue weighted by molar-refractivity contribution is 0.102. The molecule has 0 saturated carbocycles. The highest BCUT2D eigenvalue weighted by atomic mass is 32.1. The van der Waals surface area contributed by atoms with Crippen LogP contribution in [-0.2, 0) is 0 Å². The predicted octanol–water partition coefficient (Wildman–Crippen LogP) is 3.75. The van der Waals surface area contributed by atoms with Crippen molar-refractivity contribution in [1.82, 2.24) is 9.97 Å². The highest BCUT2D eigenvalue weighted by molar-refractivity contribution is 7.71. The van der Waals surface area contributed by atoms with Gasteiger partial charge in [-0.1, -0.05) is 23.6 Å². The van der Waals surface area contributed by atoms with Crippen molar-refractivity contribution in [2.24, 2.45) is 0 Å². The smallest absolute Gasteiger partial charge is 0.260 e. The van der Waals surface area contributed by atoms with Crippen LogP contribution in [0.1, 0.15) is 10.4 Å². The molecule has 0 bridgehead atoms. The van der Waals surface area contributed by atoms with E-state index in [0.717, 1.165) is 0 Å². The minimum atomic E-state index is -0.341. The van der Waals surface area contributed by atoms with E-state index in [0.29, 0.717) is 25.6 Å². The molecule has 4 nitrogen and oxygen atoms in total. The van der Waals surface area contributed by atoms with Gasteiger partial charge in [-0.05, 0) is 30.3 Å². The first-order chi connectivity index (χ1) is 9.63. The minimum absolute atomic E-state index is 0.329. The van der Waals surface area contributed by atoms with E-state index in [1.165, 1.54) is 23.5 Å². The molecule has 1 aromatic carbocycles. The van der Waals surface area contributed by atoms with E-state index in [4.69, 9.17) is 12.2 Å². The second-order valence-electron chi connectivity index (χ2n) is 4.00. The molecule has 2 N–H and O–H groups in total. The molecule has 0 atom stereocenters. The maximum atomic E-state index is 13.1. The normalized spacial score (nSPS) is 10.7. The van der Waals surface area contributed by atoms with Crippen LogP contribution < -0.4 is 5.32 Å². The molecule has 0 aliphatic heterocycles. The number of carbonyl (C=O) groups excluding carboxylic acids is 1. The Morgan fingerprint density at radius 2 is 2.25 bits per heavy atom. The average molecular weight is 305 g/mol. The van der Waals surface area contributed by atoms with Crippen molar-refractivity contribution in [3.8, 4) is 0 Å². The molecule has 3 rings (SSSR count). The van der Waals surface area contributed by atoms with Gasteiger partial charge >= 0.3 is 0 Å². The molecule has 7 heteroatoms. The first-order valence-electron chi connectivity index (χ1n) is 5.68. The van der Waals surface area contributed by atoms with E-state index in [-0.39, 0.29) is 11.7 Å². The molecule has 0 spiro atoms. The van der Waals surface area contributed by atoms with Crippen molar-refractivity contribution in [2.45, 2.75) is 0 Å². The Hall–Kier alpha value is -2.12. The highest BCUT2D eigenvalue weighted by Gasteiger charge is 2.11. The zero-order valence-corrected chi connectivity index (χ0v) is 11.6. The number of pyridine rings is 1. The van der Waals surface area contributed by atoms with Crippen molar-refractivity contribution in [3.05, 3.63) is 52.5 Å². The van der Waals surface area contributed by atoms with Crippen LogP contribution in [0.3, 0.4) is 0 Å². The van der Waals surface area contributed by atoms with Gasteiger partial charge in [-0.15, -0.1) is 0 Å². The van der Waals surface area contributed by atoms with Gasteiger partial charge in [-0.25, -0.2) is 9.37 Å². The predicted molar refractivity (Wildman–Crippen MR) is 79.2 cm³/mol. The molecule has 0 saturated heterocycles. The van der Waals surface area contributed by atoms with Crippen LogP contribution >= 0.6 is 23.6 Å². The number of aromatic amines is 1. The number of carbonyl (C=O) groups is 1. The first kappa shape index (κ1) is 12.9. The van der Waals surface area contributed by atoms with Crippen molar-refractivity contribution < 1.29 is 9.18 Å². The number of hydrogen-bond donors (Lipinski definition) is 2. The van der Waals surface area contributed by atoms with Gasteiger partial charge in [-0.3, -0.25) is 10.1 Å². The second kappa shape index (κ2) is 5.10. The number of nitrogens with zero attached hydrogens (tertiary/aromatic N) is 1. The zero-order valence-electron chi connectivity index (χ0n) is 10.0. The van der Waals surface area contributed by atoms with Crippen molar-refractivity contribution in [1.29, 1.82) is 0 Å². The molecule has 2 aromatic heterocycles. The Morgan fingerprint density at radius 1 is 1.40 bits per heavy atom. The third-order valence-electron chi connectivity index (χ3n) is 2.63. The van der Waals surface area contributed by atoms with E-state index in [1.807, 2.05) is 0 Å². The van der Waals surface area contributed by atoms with Crippen LogP contribution in [0.15, 0.2) is 36.5 Å². The maximum Gasteiger partial charge on any atom is 0.260 e. The summed E-state index contributed by atoms with van der Waals surface area (Å²) in [7, 11) is 0. The Bertz CT molecular complexity index is 856. The number of fused-ring (bicyclic) bond motifs is 1. The minimum Gasteiger partial charge on any atom is -0.352 e. The Kier molecular flexibility index (Phi) is 3.29. The molecular formula is C13H8FN3OS2. The van der Waals surface area contributed by atoms with E-state index >= 15 is 0 Å². The number of halogens is 1. The summed E-state index contributed by atoms with van der Waals surface area (Å²) in [5.74, 6) is -0.670. The topological polar surface area (TPSA) is 57.8 Å². The summed E-state index contributed by atoms with van der Waals surface area (Å²) in [5.41, 5.74) is 1.01. The quantitative estimate of drug-likeness (QED) is 0.709. The SMILES string of the molecule is O=C(Nc1nc2ccc(F)cc2s1)c1ccc[nH]c1=S. The van der Waals surface area contributed by atoms with Gasteiger partial charge in [0.15, 0.2) is 5.13 Å². The average Bonchev–Trinajstić information content (AvgIpc) is 2.80. The van der Waals surface area contributed by atoms with E-state index in [2.05, 4.69) is 15.3 Å². The van der Waals surface area contributed by atoms with Gasteiger partial charge in [0.2, 0.25) is 0 Å². The lowest BCUT2D eigenvalue weighted by Crippen LogP contribution is -2.12.